The molecule has 0 bridgehead atoms. The molecule has 2 aromatic carbocycles. The quantitative estimate of drug-likeness (QED) is 0.427. The second-order valence-corrected chi connectivity index (χ2v) is 8.13. The monoisotopic (exact) mass is 453 g/mol. The van der Waals surface area contributed by atoms with E-state index >= 15 is 0 Å². The van der Waals surface area contributed by atoms with Gasteiger partial charge in [0.15, 0.2) is 5.82 Å². The van der Waals surface area contributed by atoms with Crippen LogP contribution in [0, 0.1) is 13.8 Å². The van der Waals surface area contributed by atoms with Gasteiger partial charge in [0.05, 0.1) is 29.5 Å². The first kappa shape index (κ1) is 21.2. The predicted octanol–water partition coefficient (Wildman–Crippen LogP) is 5.35. The number of hydrogen-bond acceptors (Lipinski definition) is 3. The van der Waals surface area contributed by atoms with E-state index in [-0.39, 0.29) is 5.91 Å². The van der Waals surface area contributed by atoms with E-state index in [1.807, 2.05) is 61.1 Å². The molecule has 0 fully saturated rings. The Labute approximate surface area is 190 Å². The number of hydrogen-bond donors (Lipinski definition) is 1. The van der Waals surface area contributed by atoms with Crippen molar-refractivity contribution in [1.82, 2.24) is 19.6 Å². The first-order valence-electron chi connectivity index (χ1n) is 9.77. The van der Waals surface area contributed by atoms with Crippen molar-refractivity contribution >= 4 is 34.9 Å². The van der Waals surface area contributed by atoms with E-state index < -0.39 is 0 Å². The second kappa shape index (κ2) is 8.96. The van der Waals surface area contributed by atoms with Gasteiger partial charge in [0.1, 0.15) is 0 Å². The summed E-state index contributed by atoms with van der Waals surface area (Å²) in [6.45, 7) is 5.01. The lowest BCUT2D eigenvalue weighted by atomic mass is 10.1. The van der Waals surface area contributed by atoms with Crippen LogP contribution in [0.2, 0.25) is 10.0 Å². The first-order chi connectivity index (χ1) is 14.9. The number of carbonyl (C=O) groups excluding carboxylic acids is 1. The minimum atomic E-state index is -0.211. The number of nitrogens with zero attached hydrogens (tertiary/aromatic N) is 4. The molecule has 1 N–H and O–H groups in total. The predicted molar refractivity (Wildman–Crippen MR) is 123 cm³/mol. The van der Waals surface area contributed by atoms with Gasteiger partial charge in [0.25, 0.3) is 5.91 Å². The molecule has 0 unspecified atom stereocenters. The summed E-state index contributed by atoms with van der Waals surface area (Å²) in [6, 6.07) is 16.8. The number of aryl methyl sites for hydroxylation is 1. The highest BCUT2D eigenvalue weighted by molar-refractivity contribution is 6.31. The van der Waals surface area contributed by atoms with Gasteiger partial charge in [-0.25, -0.2) is 0 Å². The van der Waals surface area contributed by atoms with Gasteiger partial charge in [0, 0.05) is 22.8 Å². The van der Waals surface area contributed by atoms with Crippen molar-refractivity contribution in [3.63, 3.8) is 0 Å². The summed E-state index contributed by atoms with van der Waals surface area (Å²) in [5.74, 6) is 0.290. The van der Waals surface area contributed by atoms with Crippen LogP contribution in [0.5, 0.6) is 0 Å². The van der Waals surface area contributed by atoms with E-state index in [0.29, 0.717) is 34.5 Å². The molecular formula is C23H21Cl2N5O. The Hall–Kier alpha value is -3.09. The average Bonchev–Trinajstić information content (AvgIpc) is 3.29. The molecule has 2 aromatic heterocycles. The van der Waals surface area contributed by atoms with Crippen LogP contribution in [0.4, 0.5) is 5.82 Å². The highest BCUT2D eigenvalue weighted by atomic mass is 35.5. The molecule has 0 aliphatic carbocycles. The molecule has 4 aromatic rings. The fraction of sp³-hybridized carbons (Fsp3) is 0.174. The Balaban J connectivity index is 1.38. The molecule has 2 heterocycles. The number of aromatic nitrogens is 4. The fourth-order valence-electron chi connectivity index (χ4n) is 3.25. The summed E-state index contributed by atoms with van der Waals surface area (Å²) in [7, 11) is 0. The lowest BCUT2D eigenvalue weighted by Crippen LogP contribution is -2.13. The molecule has 0 aliphatic rings. The lowest BCUT2D eigenvalue weighted by molar-refractivity contribution is 0.102. The van der Waals surface area contributed by atoms with Gasteiger partial charge in [-0.2, -0.15) is 10.2 Å². The van der Waals surface area contributed by atoms with E-state index in [0.717, 1.165) is 22.5 Å². The maximum atomic E-state index is 12.6. The minimum Gasteiger partial charge on any atom is -0.305 e. The topological polar surface area (TPSA) is 64.7 Å². The van der Waals surface area contributed by atoms with Crippen LogP contribution in [0.25, 0.3) is 0 Å². The summed E-state index contributed by atoms with van der Waals surface area (Å²) < 4.78 is 3.63. The van der Waals surface area contributed by atoms with E-state index in [1.54, 1.807) is 22.9 Å². The first-order valence-corrected chi connectivity index (χ1v) is 10.5. The number of nitrogens with one attached hydrogen (secondary N) is 1. The fourth-order valence-corrected chi connectivity index (χ4v) is 3.51. The minimum absolute atomic E-state index is 0.211. The summed E-state index contributed by atoms with van der Waals surface area (Å²) in [5.41, 5.74) is 4.40. The third-order valence-electron chi connectivity index (χ3n) is 4.98. The smallest absolute Gasteiger partial charge is 0.256 e. The Morgan fingerprint density at radius 2 is 1.55 bits per heavy atom. The Bertz CT molecular complexity index is 1210. The molecule has 0 saturated heterocycles. The van der Waals surface area contributed by atoms with Gasteiger partial charge in [-0.05, 0) is 49.2 Å². The number of halogens is 2. The van der Waals surface area contributed by atoms with Crippen molar-refractivity contribution in [2.45, 2.75) is 26.9 Å². The van der Waals surface area contributed by atoms with Crippen molar-refractivity contribution in [1.29, 1.82) is 0 Å². The number of benzene rings is 2. The second-order valence-electron chi connectivity index (χ2n) is 7.32. The number of amides is 1. The van der Waals surface area contributed by atoms with Crippen LogP contribution < -0.4 is 5.32 Å². The number of rotatable bonds is 6. The molecule has 4 rings (SSSR count). The van der Waals surface area contributed by atoms with Gasteiger partial charge >= 0.3 is 0 Å². The molecule has 1 amide bonds. The molecule has 158 valence electrons. The zero-order valence-corrected chi connectivity index (χ0v) is 18.7. The van der Waals surface area contributed by atoms with Crippen LogP contribution in [-0.4, -0.2) is 25.5 Å². The van der Waals surface area contributed by atoms with Gasteiger partial charge in [-0.3, -0.25) is 14.2 Å². The standard InChI is InChI=1S/C23H21Cl2N5O/c1-15-22(25)16(2)30(27-15)14-18-3-7-19(8-4-18)23(31)26-21-11-12-29(28-21)13-17-5-9-20(24)10-6-17/h3-12H,13-14H2,1-2H3,(H,26,28,31). The normalized spacial score (nSPS) is 11.0. The van der Waals surface area contributed by atoms with Crippen molar-refractivity contribution in [2.75, 3.05) is 5.32 Å². The van der Waals surface area contributed by atoms with Crippen LogP contribution in [0.15, 0.2) is 60.8 Å². The van der Waals surface area contributed by atoms with Crippen LogP contribution in [0.1, 0.15) is 32.9 Å². The molecule has 0 saturated carbocycles. The highest BCUT2D eigenvalue weighted by Gasteiger charge is 2.11. The summed E-state index contributed by atoms with van der Waals surface area (Å²) in [4.78, 5) is 12.6. The van der Waals surface area contributed by atoms with Crippen molar-refractivity contribution < 1.29 is 4.79 Å². The summed E-state index contributed by atoms with van der Waals surface area (Å²) >= 11 is 12.1. The number of anilines is 1. The summed E-state index contributed by atoms with van der Waals surface area (Å²) in [5, 5.41) is 13.1. The summed E-state index contributed by atoms with van der Waals surface area (Å²) in [6.07, 6.45) is 1.83. The van der Waals surface area contributed by atoms with Gasteiger partial charge < -0.3 is 5.32 Å². The largest absolute Gasteiger partial charge is 0.305 e. The molecule has 31 heavy (non-hydrogen) atoms. The van der Waals surface area contributed by atoms with Gasteiger partial charge in [-0.1, -0.05) is 47.5 Å². The third-order valence-corrected chi connectivity index (χ3v) is 5.78. The van der Waals surface area contributed by atoms with E-state index in [2.05, 4.69) is 15.5 Å². The van der Waals surface area contributed by atoms with Crippen LogP contribution >= 0.6 is 23.2 Å². The zero-order valence-electron chi connectivity index (χ0n) is 17.1. The van der Waals surface area contributed by atoms with Crippen molar-refractivity contribution in [3.8, 4) is 0 Å². The van der Waals surface area contributed by atoms with Crippen LogP contribution in [0.3, 0.4) is 0 Å². The van der Waals surface area contributed by atoms with Gasteiger partial charge in [0.2, 0.25) is 0 Å². The zero-order chi connectivity index (χ0) is 22.0. The molecular weight excluding hydrogens is 433 g/mol. The van der Waals surface area contributed by atoms with E-state index in [1.165, 1.54) is 0 Å². The number of carbonyl (C=O) groups is 1. The molecule has 6 nitrogen and oxygen atoms in total. The van der Waals surface area contributed by atoms with Crippen molar-refractivity contribution in [3.05, 3.63) is 98.9 Å². The Morgan fingerprint density at radius 3 is 2.19 bits per heavy atom. The van der Waals surface area contributed by atoms with E-state index in [4.69, 9.17) is 23.2 Å². The van der Waals surface area contributed by atoms with Crippen molar-refractivity contribution in [2.24, 2.45) is 0 Å². The molecule has 0 radical (unpaired) electrons. The Kier molecular flexibility index (Phi) is 6.11. The average molecular weight is 454 g/mol. The Morgan fingerprint density at radius 1 is 0.903 bits per heavy atom. The SMILES string of the molecule is Cc1nn(Cc2ccc(C(=O)Nc3ccn(Cc4ccc(Cl)cc4)n3)cc2)c(C)c1Cl. The lowest BCUT2D eigenvalue weighted by Gasteiger charge is -2.07. The highest BCUT2D eigenvalue weighted by Crippen LogP contribution is 2.20. The molecule has 0 atom stereocenters. The third kappa shape index (κ3) is 4.98. The molecule has 0 aliphatic heterocycles. The van der Waals surface area contributed by atoms with E-state index in [9.17, 15) is 4.79 Å². The van der Waals surface area contributed by atoms with Crippen LogP contribution in [-0.2, 0) is 13.1 Å². The molecule has 8 heteroatoms. The maximum absolute atomic E-state index is 12.6. The van der Waals surface area contributed by atoms with Gasteiger partial charge in [-0.15, -0.1) is 0 Å². The molecule has 0 spiro atoms. The maximum Gasteiger partial charge on any atom is 0.256 e.